The summed E-state index contributed by atoms with van der Waals surface area (Å²) in [7, 11) is 0. The molecule has 0 bridgehead atoms. The average molecular weight is 218 g/mol. The molecule has 2 aromatic rings. The lowest BCUT2D eigenvalue weighted by Gasteiger charge is -2.25. The maximum absolute atomic E-state index is 5.87. The van der Waals surface area contributed by atoms with Crippen molar-refractivity contribution in [3.8, 4) is 5.75 Å². The predicted molar refractivity (Wildman–Crippen MR) is 60.4 cm³/mol. The van der Waals surface area contributed by atoms with Gasteiger partial charge in [0.1, 0.15) is 6.10 Å². The average Bonchev–Trinajstić information content (AvgIpc) is 2.77. The zero-order valence-corrected chi connectivity index (χ0v) is 8.83. The lowest BCUT2D eigenvalue weighted by Crippen LogP contribution is -2.22. The van der Waals surface area contributed by atoms with Crippen molar-refractivity contribution in [3.05, 3.63) is 40.8 Å². The fraction of sp³-hybridized carbons (Fsp3) is 0.182. The van der Waals surface area contributed by atoms with Crippen LogP contribution in [0.25, 0.3) is 0 Å². The van der Waals surface area contributed by atoms with Gasteiger partial charge in [-0.25, -0.2) is 0 Å². The molecular formula is C11H10N2OS. The number of aromatic nitrogens is 1. The van der Waals surface area contributed by atoms with E-state index in [4.69, 9.17) is 4.74 Å². The number of nitrogens with zero attached hydrogens (tertiary/aromatic N) is 1. The normalized spacial score (nSPS) is 18.8. The van der Waals surface area contributed by atoms with Crippen molar-refractivity contribution < 1.29 is 4.74 Å². The van der Waals surface area contributed by atoms with Crippen LogP contribution in [0.3, 0.4) is 0 Å². The molecule has 15 heavy (non-hydrogen) atoms. The molecule has 0 aliphatic carbocycles. The van der Waals surface area contributed by atoms with Crippen LogP contribution in [0.1, 0.15) is 11.7 Å². The van der Waals surface area contributed by atoms with E-state index in [1.54, 1.807) is 17.5 Å². The van der Waals surface area contributed by atoms with E-state index < -0.39 is 0 Å². The molecule has 1 unspecified atom stereocenters. The molecule has 0 amide bonds. The van der Waals surface area contributed by atoms with Gasteiger partial charge in [0.25, 0.3) is 0 Å². The molecule has 3 heterocycles. The van der Waals surface area contributed by atoms with Crippen LogP contribution in [0.15, 0.2) is 35.3 Å². The van der Waals surface area contributed by atoms with E-state index in [0.717, 1.165) is 23.5 Å². The minimum Gasteiger partial charge on any atom is -0.481 e. The fourth-order valence-electron chi connectivity index (χ4n) is 1.66. The Morgan fingerprint density at radius 3 is 3.33 bits per heavy atom. The van der Waals surface area contributed by atoms with Gasteiger partial charge in [0.15, 0.2) is 5.75 Å². The third kappa shape index (κ3) is 1.57. The second-order valence-electron chi connectivity index (χ2n) is 3.42. The van der Waals surface area contributed by atoms with Crippen molar-refractivity contribution in [1.82, 2.24) is 4.98 Å². The van der Waals surface area contributed by atoms with Crippen LogP contribution in [0, 0.1) is 0 Å². The molecule has 0 saturated carbocycles. The Balaban J connectivity index is 1.88. The molecule has 76 valence electrons. The van der Waals surface area contributed by atoms with Crippen LogP contribution in [-0.4, -0.2) is 11.5 Å². The van der Waals surface area contributed by atoms with E-state index in [-0.39, 0.29) is 6.10 Å². The van der Waals surface area contributed by atoms with Crippen LogP contribution in [0.4, 0.5) is 5.69 Å². The lowest BCUT2D eigenvalue weighted by atomic mass is 10.1. The van der Waals surface area contributed by atoms with Gasteiger partial charge in [-0.3, -0.25) is 4.98 Å². The Kier molecular flexibility index (Phi) is 2.07. The van der Waals surface area contributed by atoms with Crippen molar-refractivity contribution in [2.45, 2.75) is 6.10 Å². The predicted octanol–water partition coefficient (Wildman–Crippen LogP) is 2.69. The summed E-state index contributed by atoms with van der Waals surface area (Å²) in [5.74, 6) is 0.945. The number of pyridine rings is 1. The zero-order valence-electron chi connectivity index (χ0n) is 8.01. The molecule has 1 aliphatic heterocycles. The first-order valence-electron chi connectivity index (χ1n) is 4.80. The van der Waals surface area contributed by atoms with Gasteiger partial charge in [-0.1, -0.05) is 6.07 Å². The molecule has 0 aromatic carbocycles. The number of nitrogens with one attached hydrogen (secondary N) is 1. The summed E-state index contributed by atoms with van der Waals surface area (Å²) in [6, 6.07) is 3.97. The Hall–Kier alpha value is -1.55. The van der Waals surface area contributed by atoms with Crippen molar-refractivity contribution in [3.63, 3.8) is 0 Å². The second-order valence-corrected chi connectivity index (χ2v) is 4.17. The van der Waals surface area contributed by atoms with Crippen molar-refractivity contribution in [2.24, 2.45) is 0 Å². The van der Waals surface area contributed by atoms with E-state index >= 15 is 0 Å². The third-order valence-electron chi connectivity index (χ3n) is 2.43. The van der Waals surface area contributed by atoms with Crippen LogP contribution in [0.2, 0.25) is 0 Å². The van der Waals surface area contributed by atoms with E-state index in [9.17, 15) is 0 Å². The number of anilines is 1. The number of hydrogen-bond donors (Lipinski definition) is 1. The number of ether oxygens (including phenoxy) is 1. The molecule has 0 spiro atoms. The van der Waals surface area contributed by atoms with Gasteiger partial charge in [0.2, 0.25) is 0 Å². The third-order valence-corrected chi connectivity index (χ3v) is 3.15. The van der Waals surface area contributed by atoms with Crippen LogP contribution in [0.5, 0.6) is 5.75 Å². The summed E-state index contributed by atoms with van der Waals surface area (Å²) in [4.78, 5) is 4.10. The monoisotopic (exact) mass is 218 g/mol. The first-order valence-corrected chi connectivity index (χ1v) is 5.74. The largest absolute Gasteiger partial charge is 0.481 e. The Bertz CT molecular complexity index is 455. The Morgan fingerprint density at radius 2 is 2.47 bits per heavy atom. The summed E-state index contributed by atoms with van der Waals surface area (Å²) in [6.07, 6.45) is 3.69. The first kappa shape index (κ1) is 8.73. The minimum absolute atomic E-state index is 0.0702. The van der Waals surface area contributed by atoms with Gasteiger partial charge in [-0.15, -0.1) is 11.3 Å². The summed E-state index contributed by atoms with van der Waals surface area (Å²) in [6.45, 7) is 0.801. The fourth-order valence-corrected chi connectivity index (χ4v) is 2.37. The van der Waals surface area contributed by atoms with Crippen molar-refractivity contribution >= 4 is 17.0 Å². The summed E-state index contributed by atoms with van der Waals surface area (Å²) in [5, 5.41) is 7.43. The molecule has 2 aromatic heterocycles. The molecule has 0 radical (unpaired) electrons. The highest BCUT2D eigenvalue weighted by molar-refractivity contribution is 7.08. The van der Waals surface area contributed by atoms with Gasteiger partial charge in [0, 0.05) is 28.7 Å². The summed E-state index contributed by atoms with van der Waals surface area (Å²) >= 11 is 1.65. The van der Waals surface area contributed by atoms with Crippen LogP contribution < -0.4 is 10.1 Å². The molecule has 0 fully saturated rings. The number of thiophene rings is 1. The summed E-state index contributed by atoms with van der Waals surface area (Å²) < 4.78 is 5.87. The molecule has 4 heteroatoms. The van der Waals surface area contributed by atoms with E-state index in [2.05, 4.69) is 15.7 Å². The molecule has 0 saturated heterocycles. The van der Waals surface area contributed by atoms with Gasteiger partial charge in [-0.05, 0) is 6.07 Å². The van der Waals surface area contributed by atoms with E-state index in [1.807, 2.05) is 23.7 Å². The quantitative estimate of drug-likeness (QED) is 0.799. The maximum atomic E-state index is 5.87. The van der Waals surface area contributed by atoms with Gasteiger partial charge < -0.3 is 10.1 Å². The molecule has 1 atom stereocenters. The number of rotatable bonds is 1. The summed E-state index contributed by atoms with van der Waals surface area (Å²) in [5.41, 5.74) is 2.21. The van der Waals surface area contributed by atoms with E-state index in [1.165, 1.54) is 0 Å². The van der Waals surface area contributed by atoms with Crippen molar-refractivity contribution in [1.29, 1.82) is 0 Å². The molecule has 3 rings (SSSR count). The highest BCUT2D eigenvalue weighted by atomic mass is 32.1. The van der Waals surface area contributed by atoms with E-state index in [0.29, 0.717) is 0 Å². The van der Waals surface area contributed by atoms with Crippen LogP contribution in [-0.2, 0) is 0 Å². The second kappa shape index (κ2) is 3.55. The Labute approximate surface area is 91.7 Å². The van der Waals surface area contributed by atoms with Crippen molar-refractivity contribution in [2.75, 3.05) is 11.9 Å². The maximum Gasteiger partial charge on any atom is 0.154 e. The number of fused-ring (bicyclic) bond motifs is 1. The molecule has 1 N–H and O–H groups in total. The lowest BCUT2D eigenvalue weighted by molar-refractivity contribution is 0.211. The molecular weight excluding hydrogens is 208 g/mol. The SMILES string of the molecule is c1cncc(C2CNc3cscc3O2)c1. The highest BCUT2D eigenvalue weighted by Crippen LogP contribution is 2.36. The Morgan fingerprint density at radius 1 is 1.47 bits per heavy atom. The highest BCUT2D eigenvalue weighted by Gasteiger charge is 2.21. The van der Waals surface area contributed by atoms with Crippen LogP contribution >= 0.6 is 11.3 Å². The van der Waals surface area contributed by atoms with Gasteiger partial charge in [0.05, 0.1) is 12.2 Å². The topological polar surface area (TPSA) is 34.2 Å². The van der Waals surface area contributed by atoms with Gasteiger partial charge in [-0.2, -0.15) is 0 Å². The minimum atomic E-state index is 0.0702. The van der Waals surface area contributed by atoms with Gasteiger partial charge >= 0.3 is 0 Å². The molecule has 1 aliphatic rings. The number of hydrogen-bond acceptors (Lipinski definition) is 4. The molecule has 3 nitrogen and oxygen atoms in total. The first-order chi connectivity index (χ1) is 7.43. The zero-order chi connectivity index (χ0) is 10.1. The standard InChI is InChI=1S/C11H10N2OS/c1-2-8(4-12-3-1)10-5-13-9-6-15-7-11(9)14-10/h1-4,6-7,10,13H,5H2. The smallest absolute Gasteiger partial charge is 0.154 e.